The van der Waals surface area contributed by atoms with Gasteiger partial charge in [0.2, 0.25) is 11.9 Å². The number of piperidine rings is 1. The Bertz CT molecular complexity index is 943. The van der Waals surface area contributed by atoms with Crippen molar-refractivity contribution in [2.24, 2.45) is 5.73 Å². The van der Waals surface area contributed by atoms with Crippen LogP contribution in [0.15, 0.2) is 42.9 Å². The Labute approximate surface area is 157 Å². The summed E-state index contributed by atoms with van der Waals surface area (Å²) in [4.78, 5) is 22.3. The molecule has 1 aliphatic rings. The number of carbonyl (C=O) groups is 1. The lowest BCUT2D eigenvalue weighted by atomic mass is 10.1. The second-order valence-electron chi connectivity index (χ2n) is 6.96. The minimum atomic E-state index is -0.357. The first-order chi connectivity index (χ1) is 13.1. The Balaban J connectivity index is 1.44. The summed E-state index contributed by atoms with van der Waals surface area (Å²) in [5.74, 6) is 1.27. The van der Waals surface area contributed by atoms with Crippen molar-refractivity contribution in [2.45, 2.75) is 32.4 Å². The summed E-state index contributed by atoms with van der Waals surface area (Å²) in [6, 6.07) is 7.88. The Hall–Kier alpha value is -3.09. The normalized spacial score (nSPS) is 15.2. The summed E-state index contributed by atoms with van der Waals surface area (Å²) >= 11 is 0. The van der Waals surface area contributed by atoms with Gasteiger partial charge in [-0.1, -0.05) is 6.07 Å². The molecule has 2 aromatic heterocycles. The van der Waals surface area contributed by atoms with E-state index in [1.165, 1.54) is 0 Å². The molecule has 4 rings (SSSR count). The molecule has 7 heteroatoms. The SMILES string of the molecule is Cc1cnc(N2CCC(Oc3cccc4c3ccn4CC(N)=O)CC2)nc1. The average Bonchev–Trinajstić information content (AvgIpc) is 3.06. The fourth-order valence-corrected chi connectivity index (χ4v) is 3.51. The zero-order chi connectivity index (χ0) is 18.8. The van der Waals surface area contributed by atoms with Gasteiger partial charge in [-0.3, -0.25) is 4.79 Å². The van der Waals surface area contributed by atoms with Crippen molar-refractivity contribution in [2.75, 3.05) is 18.0 Å². The van der Waals surface area contributed by atoms with Crippen molar-refractivity contribution in [1.82, 2.24) is 14.5 Å². The van der Waals surface area contributed by atoms with E-state index in [1.54, 1.807) is 0 Å². The zero-order valence-corrected chi connectivity index (χ0v) is 15.3. The van der Waals surface area contributed by atoms with Gasteiger partial charge in [0.05, 0.1) is 5.52 Å². The molecule has 3 aromatic rings. The van der Waals surface area contributed by atoms with Crippen LogP contribution in [0.2, 0.25) is 0 Å². The number of aryl methyl sites for hydroxylation is 1. The highest BCUT2D eigenvalue weighted by Gasteiger charge is 2.23. The van der Waals surface area contributed by atoms with Crippen LogP contribution in [-0.2, 0) is 11.3 Å². The molecule has 0 saturated carbocycles. The molecule has 0 spiro atoms. The second kappa shape index (κ2) is 7.26. The van der Waals surface area contributed by atoms with Crippen LogP contribution >= 0.6 is 0 Å². The number of hydrogen-bond acceptors (Lipinski definition) is 5. The maximum Gasteiger partial charge on any atom is 0.237 e. The van der Waals surface area contributed by atoms with E-state index in [0.717, 1.165) is 54.1 Å². The second-order valence-corrected chi connectivity index (χ2v) is 6.96. The van der Waals surface area contributed by atoms with Gasteiger partial charge in [0.15, 0.2) is 0 Å². The first kappa shape index (κ1) is 17.3. The van der Waals surface area contributed by atoms with Crippen LogP contribution in [0.4, 0.5) is 5.95 Å². The number of aromatic nitrogens is 3. The predicted molar refractivity (Wildman–Crippen MR) is 104 cm³/mol. The van der Waals surface area contributed by atoms with E-state index in [4.69, 9.17) is 10.5 Å². The van der Waals surface area contributed by atoms with Gasteiger partial charge in [-0.05, 0) is 30.7 Å². The predicted octanol–water partition coefficient (Wildman–Crippen LogP) is 2.27. The summed E-state index contributed by atoms with van der Waals surface area (Å²) in [6.45, 7) is 3.89. The first-order valence-electron chi connectivity index (χ1n) is 9.16. The Morgan fingerprint density at radius 1 is 1.22 bits per heavy atom. The first-order valence-corrected chi connectivity index (χ1v) is 9.16. The molecule has 1 saturated heterocycles. The molecule has 2 N–H and O–H groups in total. The van der Waals surface area contributed by atoms with Gasteiger partial charge in [-0.25, -0.2) is 9.97 Å². The van der Waals surface area contributed by atoms with Gasteiger partial charge in [-0.15, -0.1) is 0 Å². The largest absolute Gasteiger partial charge is 0.490 e. The fraction of sp³-hybridized carbons (Fsp3) is 0.350. The molecule has 7 nitrogen and oxygen atoms in total. The summed E-state index contributed by atoms with van der Waals surface area (Å²) in [7, 11) is 0. The van der Waals surface area contributed by atoms with Gasteiger partial charge in [0.1, 0.15) is 18.4 Å². The lowest BCUT2D eigenvalue weighted by Gasteiger charge is -2.32. The molecule has 1 fully saturated rings. The van der Waals surface area contributed by atoms with Crippen molar-refractivity contribution in [1.29, 1.82) is 0 Å². The van der Waals surface area contributed by atoms with Gasteiger partial charge in [0, 0.05) is 49.9 Å². The van der Waals surface area contributed by atoms with Crippen molar-refractivity contribution in [3.63, 3.8) is 0 Å². The Morgan fingerprint density at radius 3 is 2.67 bits per heavy atom. The van der Waals surface area contributed by atoms with Gasteiger partial charge in [-0.2, -0.15) is 0 Å². The highest BCUT2D eigenvalue weighted by Crippen LogP contribution is 2.29. The van der Waals surface area contributed by atoms with E-state index < -0.39 is 0 Å². The van der Waals surface area contributed by atoms with Crippen LogP contribution in [0, 0.1) is 6.92 Å². The van der Waals surface area contributed by atoms with Crippen LogP contribution in [0.1, 0.15) is 18.4 Å². The van der Waals surface area contributed by atoms with Crippen LogP contribution in [0.3, 0.4) is 0 Å². The summed E-state index contributed by atoms with van der Waals surface area (Å²) < 4.78 is 8.14. The molecule has 1 amide bonds. The number of primary amides is 1. The highest BCUT2D eigenvalue weighted by atomic mass is 16.5. The number of rotatable bonds is 5. The van der Waals surface area contributed by atoms with Gasteiger partial charge in [0.25, 0.3) is 0 Å². The maximum absolute atomic E-state index is 11.2. The molecule has 0 unspecified atom stereocenters. The molecule has 27 heavy (non-hydrogen) atoms. The van der Waals surface area contributed by atoms with Gasteiger partial charge < -0.3 is 19.9 Å². The number of hydrogen-bond donors (Lipinski definition) is 1. The lowest BCUT2D eigenvalue weighted by molar-refractivity contribution is -0.118. The van der Waals surface area contributed by atoms with Crippen molar-refractivity contribution >= 4 is 22.8 Å². The van der Waals surface area contributed by atoms with E-state index in [0.29, 0.717) is 0 Å². The van der Waals surface area contributed by atoms with Gasteiger partial charge >= 0.3 is 0 Å². The Kier molecular flexibility index (Phi) is 4.66. The van der Waals surface area contributed by atoms with Crippen LogP contribution < -0.4 is 15.4 Å². The molecular weight excluding hydrogens is 342 g/mol. The van der Waals surface area contributed by atoms with Crippen LogP contribution in [-0.4, -0.2) is 39.6 Å². The lowest BCUT2D eigenvalue weighted by Crippen LogP contribution is -2.39. The quantitative estimate of drug-likeness (QED) is 0.750. The third kappa shape index (κ3) is 3.72. The van der Waals surface area contributed by atoms with Crippen LogP contribution in [0.25, 0.3) is 10.9 Å². The van der Waals surface area contributed by atoms with E-state index in [2.05, 4.69) is 14.9 Å². The van der Waals surface area contributed by atoms with E-state index in [-0.39, 0.29) is 18.6 Å². The molecule has 140 valence electrons. The monoisotopic (exact) mass is 365 g/mol. The van der Waals surface area contributed by atoms with Crippen molar-refractivity contribution < 1.29 is 9.53 Å². The van der Waals surface area contributed by atoms with Crippen LogP contribution in [0.5, 0.6) is 5.75 Å². The minimum Gasteiger partial charge on any atom is -0.490 e. The third-order valence-electron chi connectivity index (χ3n) is 4.89. The Morgan fingerprint density at radius 2 is 1.96 bits per heavy atom. The molecule has 3 heterocycles. The third-order valence-corrected chi connectivity index (χ3v) is 4.89. The zero-order valence-electron chi connectivity index (χ0n) is 15.3. The number of anilines is 1. The highest BCUT2D eigenvalue weighted by molar-refractivity contribution is 5.87. The molecule has 0 atom stereocenters. The number of fused-ring (bicyclic) bond motifs is 1. The standard InChI is InChI=1S/C20H23N5O2/c1-14-11-22-20(23-12-14)24-8-5-15(6-9-24)27-18-4-2-3-17-16(18)7-10-25(17)13-19(21)26/h2-4,7,10-12,15H,5-6,8-9,13H2,1H3,(H2,21,26). The fourth-order valence-electron chi connectivity index (χ4n) is 3.51. The smallest absolute Gasteiger partial charge is 0.237 e. The number of nitrogens with two attached hydrogens (primary N) is 1. The van der Waals surface area contributed by atoms with Crippen molar-refractivity contribution in [3.05, 3.63) is 48.4 Å². The number of amides is 1. The summed E-state index contributed by atoms with van der Waals surface area (Å²) in [6.07, 6.45) is 7.55. The maximum atomic E-state index is 11.2. The molecule has 0 aliphatic carbocycles. The summed E-state index contributed by atoms with van der Waals surface area (Å²) in [5.41, 5.74) is 7.34. The number of nitrogens with zero attached hydrogens (tertiary/aromatic N) is 4. The molecule has 1 aromatic carbocycles. The number of carbonyl (C=O) groups excluding carboxylic acids is 1. The number of ether oxygens (including phenoxy) is 1. The molecule has 0 bridgehead atoms. The average molecular weight is 365 g/mol. The molecular formula is C20H23N5O2. The summed E-state index contributed by atoms with van der Waals surface area (Å²) in [5, 5.41) is 1.00. The van der Waals surface area contributed by atoms with E-state index in [1.807, 2.05) is 54.3 Å². The number of benzene rings is 1. The van der Waals surface area contributed by atoms with Crippen molar-refractivity contribution in [3.8, 4) is 5.75 Å². The molecule has 0 radical (unpaired) electrons. The van der Waals surface area contributed by atoms with E-state index in [9.17, 15) is 4.79 Å². The molecule has 1 aliphatic heterocycles. The van der Waals surface area contributed by atoms with E-state index >= 15 is 0 Å². The minimum absolute atomic E-state index is 0.150. The topological polar surface area (TPSA) is 86.3 Å².